The van der Waals surface area contributed by atoms with Crippen LogP contribution < -0.4 is 5.73 Å². The maximum absolute atomic E-state index is 11.3. The topological polar surface area (TPSA) is 110 Å². The van der Waals surface area contributed by atoms with Crippen molar-refractivity contribution in [3.05, 3.63) is 59.1 Å². The normalized spacial score (nSPS) is 11.2. The molecule has 8 heteroatoms. The third-order valence-corrected chi connectivity index (χ3v) is 4.02. The first kappa shape index (κ1) is 16.7. The van der Waals surface area contributed by atoms with Crippen LogP contribution in [0.15, 0.2) is 58.8 Å². The van der Waals surface area contributed by atoms with Crippen molar-refractivity contribution >= 4 is 40.0 Å². The van der Waals surface area contributed by atoms with Gasteiger partial charge < -0.3 is 15.4 Å². The number of para-hydroxylation sites is 1. The van der Waals surface area contributed by atoms with Gasteiger partial charge in [0, 0.05) is 10.4 Å². The van der Waals surface area contributed by atoms with Crippen molar-refractivity contribution in [2.45, 2.75) is 6.54 Å². The SMILES string of the molecule is NC(=O)C(=O)N=Nc1c(O)n(Cc2ccccc2Cl)c2ccccc12. The molecule has 7 nitrogen and oxygen atoms in total. The first-order valence-corrected chi connectivity index (χ1v) is 7.66. The molecule has 0 aliphatic carbocycles. The molecule has 0 bridgehead atoms. The van der Waals surface area contributed by atoms with Crippen molar-refractivity contribution in [1.29, 1.82) is 0 Å². The van der Waals surface area contributed by atoms with E-state index in [9.17, 15) is 14.7 Å². The number of carbonyl (C=O) groups excluding carboxylic acids is 2. The molecule has 0 unspecified atom stereocenters. The second kappa shape index (κ2) is 6.74. The second-order valence-corrected chi connectivity index (χ2v) is 5.64. The molecule has 0 radical (unpaired) electrons. The van der Waals surface area contributed by atoms with Crippen LogP contribution in [-0.4, -0.2) is 21.5 Å². The van der Waals surface area contributed by atoms with Crippen LogP contribution in [0, 0.1) is 0 Å². The molecule has 2 aromatic carbocycles. The van der Waals surface area contributed by atoms with E-state index in [1.807, 2.05) is 18.2 Å². The highest BCUT2D eigenvalue weighted by Gasteiger charge is 2.18. The Morgan fingerprint density at radius 2 is 1.80 bits per heavy atom. The smallest absolute Gasteiger partial charge is 0.353 e. The van der Waals surface area contributed by atoms with Gasteiger partial charge in [-0.1, -0.05) is 48.0 Å². The molecule has 3 aromatic rings. The van der Waals surface area contributed by atoms with Gasteiger partial charge >= 0.3 is 11.8 Å². The predicted molar refractivity (Wildman–Crippen MR) is 92.9 cm³/mol. The van der Waals surface area contributed by atoms with E-state index in [-0.39, 0.29) is 11.6 Å². The number of nitrogens with two attached hydrogens (primary N) is 1. The van der Waals surface area contributed by atoms with Gasteiger partial charge in [0.1, 0.15) is 0 Å². The maximum Gasteiger partial charge on any atom is 0.353 e. The van der Waals surface area contributed by atoms with Crippen molar-refractivity contribution in [3.63, 3.8) is 0 Å². The molecule has 0 saturated carbocycles. The van der Waals surface area contributed by atoms with Crippen molar-refractivity contribution in [3.8, 4) is 5.88 Å². The lowest BCUT2D eigenvalue weighted by molar-refractivity contribution is -0.135. The summed E-state index contributed by atoms with van der Waals surface area (Å²) in [5.41, 5.74) is 6.41. The molecule has 1 heterocycles. The summed E-state index contributed by atoms with van der Waals surface area (Å²) >= 11 is 6.19. The lowest BCUT2D eigenvalue weighted by Crippen LogP contribution is -2.20. The number of aromatic hydroxyl groups is 1. The average Bonchev–Trinajstić information content (AvgIpc) is 2.86. The molecule has 3 N–H and O–H groups in total. The number of carbonyl (C=O) groups is 2. The quantitative estimate of drug-likeness (QED) is 0.555. The number of nitrogens with zero attached hydrogens (tertiary/aromatic N) is 3. The summed E-state index contributed by atoms with van der Waals surface area (Å²) < 4.78 is 1.60. The van der Waals surface area contributed by atoms with Gasteiger partial charge in [0.2, 0.25) is 5.88 Å². The van der Waals surface area contributed by atoms with Gasteiger partial charge in [-0.05, 0) is 17.7 Å². The minimum atomic E-state index is -1.22. The number of primary amides is 1. The highest BCUT2D eigenvalue weighted by molar-refractivity contribution is 6.34. The molecular weight excluding hydrogens is 344 g/mol. The van der Waals surface area contributed by atoms with Crippen LogP contribution in [-0.2, 0) is 16.1 Å². The monoisotopic (exact) mass is 356 g/mol. The standard InChI is InChI=1S/C17H13ClN4O3/c18-12-7-3-1-5-10(12)9-22-13-8-4-2-6-11(13)14(17(22)25)20-21-16(24)15(19)23/h1-8,25H,9H2,(H2,19,23). The zero-order valence-electron chi connectivity index (χ0n) is 12.9. The van der Waals surface area contributed by atoms with Crippen LogP contribution in [0.25, 0.3) is 10.9 Å². The number of halogens is 1. The third kappa shape index (κ3) is 3.22. The van der Waals surface area contributed by atoms with E-state index < -0.39 is 11.8 Å². The number of fused-ring (bicyclic) bond motifs is 1. The molecule has 25 heavy (non-hydrogen) atoms. The van der Waals surface area contributed by atoms with Crippen molar-refractivity contribution in [1.82, 2.24) is 4.57 Å². The summed E-state index contributed by atoms with van der Waals surface area (Å²) in [5.74, 6) is -2.60. The Hall–Kier alpha value is -3.19. The molecule has 0 spiro atoms. The van der Waals surface area contributed by atoms with Gasteiger partial charge in [0.15, 0.2) is 5.69 Å². The molecule has 0 aliphatic rings. The van der Waals surface area contributed by atoms with Crippen LogP contribution in [0.5, 0.6) is 5.88 Å². The molecule has 2 amide bonds. The van der Waals surface area contributed by atoms with E-state index in [0.29, 0.717) is 22.5 Å². The first-order valence-electron chi connectivity index (χ1n) is 7.28. The number of hydrogen-bond donors (Lipinski definition) is 2. The minimum Gasteiger partial charge on any atom is -0.493 e. The fourth-order valence-electron chi connectivity index (χ4n) is 2.47. The highest BCUT2D eigenvalue weighted by Crippen LogP contribution is 2.39. The minimum absolute atomic E-state index is 0.0808. The van der Waals surface area contributed by atoms with Crippen molar-refractivity contribution in [2.75, 3.05) is 0 Å². The Balaban J connectivity index is 2.11. The van der Waals surface area contributed by atoms with Crippen LogP contribution in [0.1, 0.15) is 5.56 Å². The van der Waals surface area contributed by atoms with Crippen LogP contribution >= 0.6 is 11.6 Å². The van der Waals surface area contributed by atoms with Gasteiger partial charge in [-0.25, -0.2) is 0 Å². The van der Waals surface area contributed by atoms with E-state index in [1.54, 1.807) is 34.9 Å². The Labute approximate surface area is 147 Å². The van der Waals surface area contributed by atoms with E-state index >= 15 is 0 Å². The van der Waals surface area contributed by atoms with Crippen LogP contribution in [0.4, 0.5) is 5.69 Å². The van der Waals surface area contributed by atoms with E-state index in [0.717, 1.165) is 5.56 Å². The molecule has 1 aromatic heterocycles. The molecule has 126 valence electrons. The van der Waals surface area contributed by atoms with Crippen molar-refractivity contribution < 1.29 is 14.7 Å². The molecule has 0 saturated heterocycles. The fourth-order valence-corrected chi connectivity index (χ4v) is 2.67. The van der Waals surface area contributed by atoms with Crippen molar-refractivity contribution in [2.24, 2.45) is 16.0 Å². The largest absolute Gasteiger partial charge is 0.493 e. The average molecular weight is 357 g/mol. The summed E-state index contributed by atoms with van der Waals surface area (Å²) in [5, 5.41) is 18.7. The fraction of sp³-hybridized carbons (Fsp3) is 0.0588. The van der Waals surface area contributed by atoms with Crippen LogP contribution in [0.2, 0.25) is 5.02 Å². The number of amides is 2. The number of azo groups is 1. The summed E-state index contributed by atoms with van der Waals surface area (Å²) in [6.45, 7) is 0.297. The Morgan fingerprint density at radius 3 is 2.52 bits per heavy atom. The summed E-state index contributed by atoms with van der Waals surface area (Å²) in [6, 6.07) is 14.3. The van der Waals surface area contributed by atoms with Gasteiger partial charge in [0.25, 0.3) is 0 Å². The zero-order valence-corrected chi connectivity index (χ0v) is 13.6. The Kier molecular flexibility index (Phi) is 4.49. The summed E-state index contributed by atoms with van der Waals surface area (Å²) in [6.07, 6.45) is 0. The molecule has 0 aliphatic heterocycles. The number of aromatic nitrogens is 1. The molecule has 3 rings (SSSR count). The summed E-state index contributed by atoms with van der Waals surface area (Å²) in [4.78, 5) is 22.1. The van der Waals surface area contributed by atoms with Gasteiger partial charge in [-0.3, -0.25) is 9.59 Å². The number of rotatable bonds is 3. The van der Waals surface area contributed by atoms with Gasteiger partial charge in [-0.2, -0.15) is 0 Å². The van der Waals surface area contributed by atoms with E-state index in [1.165, 1.54) is 0 Å². The van der Waals surface area contributed by atoms with Gasteiger partial charge in [0.05, 0.1) is 12.1 Å². The maximum atomic E-state index is 11.3. The van der Waals surface area contributed by atoms with Gasteiger partial charge in [-0.15, -0.1) is 10.2 Å². The summed E-state index contributed by atoms with van der Waals surface area (Å²) in [7, 11) is 0. The zero-order chi connectivity index (χ0) is 18.0. The third-order valence-electron chi connectivity index (χ3n) is 3.66. The van der Waals surface area contributed by atoms with E-state index in [4.69, 9.17) is 17.3 Å². The second-order valence-electron chi connectivity index (χ2n) is 5.24. The Bertz CT molecular complexity index is 1010. The van der Waals surface area contributed by atoms with Crippen LogP contribution in [0.3, 0.4) is 0 Å². The Morgan fingerprint density at radius 1 is 1.12 bits per heavy atom. The first-order chi connectivity index (χ1) is 12.0. The molecule has 0 fully saturated rings. The highest BCUT2D eigenvalue weighted by atomic mass is 35.5. The van der Waals surface area contributed by atoms with E-state index in [2.05, 4.69) is 10.2 Å². The molecular formula is C17H13ClN4O3. The molecule has 0 atom stereocenters. The number of benzene rings is 2. The predicted octanol–water partition coefficient (Wildman–Crippen LogP) is 3.14. The lowest BCUT2D eigenvalue weighted by atomic mass is 10.2. The lowest BCUT2D eigenvalue weighted by Gasteiger charge is -2.08. The number of hydrogen-bond acceptors (Lipinski definition) is 4.